The molecule has 0 bridgehead atoms. The van der Waals surface area contributed by atoms with Crippen LogP contribution in [0.2, 0.25) is 0 Å². The summed E-state index contributed by atoms with van der Waals surface area (Å²) in [4.78, 5) is 16.1. The lowest BCUT2D eigenvalue weighted by Crippen LogP contribution is -2.38. The predicted molar refractivity (Wildman–Crippen MR) is 79.5 cm³/mol. The second-order valence-electron chi connectivity index (χ2n) is 5.12. The molecule has 2 amide bonds. The third-order valence-electron chi connectivity index (χ3n) is 3.47. The summed E-state index contributed by atoms with van der Waals surface area (Å²) in [6.45, 7) is 5.01. The molecule has 1 aromatic rings. The highest BCUT2D eigenvalue weighted by Crippen LogP contribution is 2.08. The first-order valence-corrected chi connectivity index (χ1v) is 7.92. The van der Waals surface area contributed by atoms with E-state index in [9.17, 15) is 4.79 Å². The lowest BCUT2D eigenvalue weighted by molar-refractivity contribution is 0.206. The average Bonchev–Trinajstić information content (AvgIpc) is 3.07. The highest BCUT2D eigenvalue weighted by Gasteiger charge is 2.11. The first kappa shape index (κ1) is 14.3. The Balaban J connectivity index is 1.58. The van der Waals surface area contributed by atoms with E-state index >= 15 is 0 Å². The Bertz CT molecular complexity index is 374. The number of carbonyl (C=O) groups excluding carboxylic acids is 1. The minimum atomic E-state index is 0.0209. The zero-order valence-corrected chi connectivity index (χ0v) is 12.4. The van der Waals surface area contributed by atoms with Crippen molar-refractivity contribution in [3.05, 3.63) is 22.4 Å². The lowest BCUT2D eigenvalue weighted by Gasteiger charge is -2.18. The van der Waals surface area contributed by atoms with Crippen LogP contribution in [0, 0.1) is 0 Å². The smallest absolute Gasteiger partial charge is 0.317 e. The normalized spacial score (nSPS) is 15.6. The van der Waals surface area contributed by atoms with Gasteiger partial charge in [-0.05, 0) is 61.3 Å². The number of amides is 2. The van der Waals surface area contributed by atoms with E-state index in [1.165, 1.54) is 31.5 Å². The number of rotatable bonds is 6. The van der Waals surface area contributed by atoms with E-state index in [4.69, 9.17) is 0 Å². The molecule has 106 valence electrons. The monoisotopic (exact) mass is 281 g/mol. The fourth-order valence-corrected chi connectivity index (χ4v) is 3.03. The summed E-state index contributed by atoms with van der Waals surface area (Å²) in [6, 6.07) is 2.08. The summed E-state index contributed by atoms with van der Waals surface area (Å²) in [5.74, 6) is 0. The average molecular weight is 281 g/mol. The van der Waals surface area contributed by atoms with E-state index in [0.29, 0.717) is 6.54 Å². The molecule has 2 rings (SSSR count). The number of urea groups is 1. The highest BCUT2D eigenvalue weighted by atomic mass is 32.1. The summed E-state index contributed by atoms with van der Waals surface area (Å²) >= 11 is 1.66. The molecule has 0 aromatic carbocycles. The van der Waals surface area contributed by atoms with Crippen molar-refractivity contribution in [1.82, 2.24) is 15.1 Å². The molecule has 1 aliphatic rings. The molecule has 0 radical (unpaired) electrons. The van der Waals surface area contributed by atoms with Gasteiger partial charge in [0.25, 0.3) is 0 Å². The summed E-state index contributed by atoms with van der Waals surface area (Å²) in [7, 11) is 1.84. The fraction of sp³-hybridized carbons (Fsp3) is 0.643. The Morgan fingerprint density at radius 2 is 2.26 bits per heavy atom. The molecule has 0 atom stereocenters. The van der Waals surface area contributed by atoms with Crippen molar-refractivity contribution in [3.63, 3.8) is 0 Å². The Morgan fingerprint density at radius 1 is 1.47 bits per heavy atom. The fourth-order valence-electron chi connectivity index (χ4n) is 2.37. The van der Waals surface area contributed by atoms with Gasteiger partial charge >= 0.3 is 6.03 Å². The zero-order valence-electron chi connectivity index (χ0n) is 11.6. The molecule has 5 heteroatoms. The van der Waals surface area contributed by atoms with Crippen LogP contribution in [-0.2, 0) is 6.54 Å². The third kappa shape index (κ3) is 4.84. The van der Waals surface area contributed by atoms with E-state index in [-0.39, 0.29) is 6.03 Å². The van der Waals surface area contributed by atoms with E-state index in [2.05, 4.69) is 21.7 Å². The molecular weight excluding hydrogens is 258 g/mol. The van der Waals surface area contributed by atoms with Crippen LogP contribution in [0.15, 0.2) is 16.8 Å². The second-order valence-corrected chi connectivity index (χ2v) is 5.90. The number of carbonyl (C=O) groups is 1. The Hall–Kier alpha value is -1.07. The van der Waals surface area contributed by atoms with Crippen molar-refractivity contribution in [1.29, 1.82) is 0 Å². The molecule has 0 saturated carbocycles. The second kappa shape index (κ2) is 7.50. The van der Waals surface area contributed by atoms with Gasteiger partial charge in [-0.1, -0.05) is 0 Å². The first-order valence-electron chi connectivity index (χ1n) is 6.98. The first-order chi connectivity index (χ1) is 9.25. The Kier molecular flexibility index (Phi) is 5.66. The van der Waals surface area contributed by atoms with Gasteiger partial charge < -0.3 is 15.1 Å². The summed E-state index contributed by atoms with van der Waals surface area (Å²) < 4.78 is 0. The minimum absolute atomic E-state index is 0.0209. The van der Waals surface area contributed by atoms with Crippen LogP contribution in [0.3, 0.4) is 0 Å². The van der Waals surface area contributed by atoms with Crippen LogP contribution in [0.1, 0.15) is 24.8 Å². The van der Waals surface area contributed by atoms with Crippen LogP contribution in [-0.4, -0.2) is 49.1 Å². The quantitative estimate of drug-likeness (QED) is 0.813. The molecule has 0 unspecified atom stereocenters. The molecule has 1 fully saturated rings. The zero-order chi connectivity index (χ0) is 13.5. The van der Waals surface area contributed by atoms with E-state index in [1.807, 2.05) is 12.4 Å². The van der Waals surface area contributed by atoms with Gasteiger partial charge in [0.15, 0.2) is 0 Å². The number of thiophene rings is 1. The van der Waals surface area contributed by atoms with Crippen molar-refractivity contribution in [3.8, 4) is 0 Å². The van der Waals surface area contributed by atoms with Gasteiger partial charge in [-0.3, -0.25) is 0 Å². The topological polar surface area (TPSA) is 35.6 Å². The lowest BCUT2D eigenvalue weighted by atomic mass is 10.3. The predicted octanol–water partition coefficient (Wildman–Crippen LogP) is 2.38. The maximum Gasteiger partial charge on any atom is 0.317 e. The van der Waals surface area contributed by atoms with E-state index in [0.717, 1.165) is 19.5 Å². The summed E-state index contributed by atoms with van der Waals surface area (Å²) in [5.41, 5.74) is 1.19. The van der Waals surface area contributed by atoms with E-state index < -0.39 is 0 Å². The molecule has 1 aromatic heterocycles. The summed E-state index contributed by atoms with van der Waals surface area (Å²) in [5, 5.41) is 7.10. The molecule has 19 heavy (non-hydrogen) atoms. The van der Waals surface area contributed by atoms with Crippen LogP contribution in [0.25, 0.3) is 0 Å². The van der Waals surface area contributed by atoms with Gasteiger partial charge in [-0.2, -0.15) is 11.3 Å². The van der Waals surface area contributed by atoms with Crippen molar-refractivity contribution in [2.24, 2.45) is 0 Å². The molecule has 2 heterocycles. The maximum atomic E-state index is 11.9. The van der Waals surface area contributed by atoms with Gasteiger partial charge in [-0.25, -0.2) is 4.79 Å². The SMILES string of the molecule is CN(Cc1ccsc1)C(=O)NCCCN1CCCC1. The van der Waals surface area contributed by atoms with Gasteiger partial charge in [0.2, 0.25) is 0 Å². The molecule has 1 saturated heterocycles. The Labute approximate surface area is 119 Å². The number of hydrogen-bond donors (Lipinski definition) is 1. The van der Waals surface area contributed by atoms with Gasteiger partial charge in [-0.15, -0.1) is 0 Å². The Morgan fingerprint density at radius 3 is 2.95 bits per heavy atom. The minimum Gasteiger partial charge on any atom is -0.338 e. The van der Waals surface area contributed by atoms with Gasteiger partial charge in [0.1, 0.15) is 0 Å². The van der Waals surface area contributed by atoms with Crippen molar-refractivity contribution >= 4 is 17.4 Å². The van der Waals surface area contributed by atoms with Gasteiger partial charge in [0, 0.05) is 20.1 Å². The van der Waals surface area contributed by atoms with Crippen molar-refractivity contribution in [2.45, 2.75) is 25.8 Å². The molecule has 1 aliphatic heterocycles. The standard InChI is InChI=1S/C14H23N3OS/c1-16(11-13-5-10-19-12-13)14(18)15-6-4-9-17-7-2-3-8-17/h5,10,12H,2-4,6-9,11H2,1H3,(H,15,18). The van der Waals surface area contributed by atoms with E-state index in [1.54, 1.807) is 16.2 Å². The number of likely N-dealkylation sites (tertiary alicyclic amines) is 1. The highest BCUT2D eigenvalue weighted by molar-refractivity contribution is 7.07. The van der Waals surface area contributed by atoms with Crippen LogP contribution in [0.5, 0.6) is 0 Å². The third-order valence-corrected chi connectivity index (χ3v) is 4.20. The number of nitrogens with zero attached hydrogens (tertiary/aromatic N) is 2. The summed E-state index contributed by atoms with van der Waals surface area (Å²) in [6.07, 6.45) is 3.70. The van der Waals surface area contributed by atoms with Crippen LogP contribution < -0.4 is 5.32 Å². The molecule has 0 aliphatic carbocycles. The molecule has 1 N–H and O–H groups in total. The van der Waals surface area contributed by atoms with Crippen molar-refractivity contribution < 1.29 is 4.79 Å². The van der Waals surface area contributed by atoms with Crippen LogP contribution >= 0.6 is 11.3 Å². The van der Waals surface area contributed by atoms with Gasteiger partial charge in [0.05, 0.1) is 0 Å². The maximum absolute atomic E-state index is 11.9. The number of nitrogens with one attached hydrogen (secondary N) is 1. The van der Waals surface area contributed by atoms with Crippen LogP contribution in [0.4, 0.5) is 4.79 Å². The molecule has 4 nitrogen and oxygen atoms in total. The largest absolute Gasteiger partial charge is 0.338 e. The van der Waals surface area contributed by atoms with Crippen molar-refractivity contribution in [2.75, 3.05) is 33.2 Å². The molecule has 0 spiro atoms. The molecular formula is C14H23N3OS. The number of hydrogen-bond acceptors (Lipinski definition) is 3.